The summed E-state index contributed by atoms with van der Waals surface area (Å²) in [6, 6.07) is 5.04. The minimum atomic E-state index is -3.79. The molecule has 8 heteroatoms. The number of benzene rings is 1. The van der Waals surface area contributed by atoms with Crippen LogP contribution in [0, 0.1) is 13.8 Å². The molecule has 110 valence electrons. The zero-order valence-corrected chi connectivity index (χ0v) is 12.3. The van der Waals surface area contributed by atoms with Gasteiger partial charge in [0.1, 0.15) is 4.90 Å². The number of nitrogens with one attached hydrogen (secondary N) is 2. The van der Waals surface area contributed by atoms with Gasteiger partial charge in [-0.2, -0.15) is 0 Å². The lowest BCUT2D eigenvalue weighted by molar-refractivity contribution is 0.430. The molecular formula is C13H14N4O3S. The normalized spacial score (nSPS) is 11.9. The van der Waals surface area contributed by atoms with Crippen molar-refractivity contribution in [1.82, 2.24) is 10.1 Å². The van der Waals surface area contributed by atoms with Crippen LogP contribution in [0.4, 0.5) is 11.6 Å². The fraction of sp³-hybridized carbons (Fsp3) is 0.154. The molecule has 0 aliphatic rings. The second-order valence-electron chi connectivity index (χ2n) is 4.79. The summed E-state index contributed by atoms with van der Waals surface area (Å²) < 4.78 is 32.4. The predicted octanol–water partition coefficient (Wildman–Crippen LogP) is 2.16. The van der Waals surface area contributed by atoms with E-state index in [0.717, 1.165) is 0 Å². The Morgan fingerprint density at radius 2 is 2.10 bits per heavy atom. The van der Waals surface area contributed by atoms with Crippen LogP contribution >= 0.6 is 0 Å². The Balaban J connectivity index is 2.08. The smallest absolute Gasteiger partial charge is 0.266 e. The molecule has 0 unspecified atom stereocenters. The van der Waals surface area contributed by atoms with Crippen molar-refractivity contribution in [3.8, 4) is 0 Å². The topological polar surface area (TPSA) is 114 Å². The van der Waals surface area contributed by atoms with Crippen molar-refractivity contribution in [2.45, 2.75) is 18.7 Å². The first-order valence-corrected chi connectivity index (χ1v) is 7.69. The van der Waals surface area contributed by atoms with Crippen molar-refractivity contribution in [2.75, 3.05) is 10.5 Å². The maximum absolute atomic E-state index is 12.5. The van der Waals surface area contributed by atoms with Crippen LogP contribution in [0.25, 0.3) is 10.9 Å². The minimum Gasteiger partial charge on any atom is -0.399 e. The van der Waals surface area contributed by atoms with E-state index in [4.69, 9.17) is 10.3 Å². The lowest BCUT2D eigenvalue weighted by atomic mass is 10.2. The molecule has 4 N–H and O–H groups in total. The number of nitrogens with two attached hydrogens (primary N) is 1. The number of fused-ring (bicyclic) bond motifs is 1. The lowest BCUT2D eigenvalue weighted by Crippen LogP contribution is -2.12. The molecule has 0 saturated carbocycles. The minimum absolute atomic E-state index is 0.109. The number of hydrogen-bond donors (Lipinski definition) is 3. The van der Waals surface area contributed by atoms with Gasteiger partial charge in [0.2, 0.25) is 5.88 Å². The Bertz CT molecular complexity index is 924. The third-order valence-electron chi connectivity index (χ3n) is 3.34. The van der Waals surface area contributed by atoms with Crippen LogP contribution < -0.4 is 10.5 Å². The van der Waals surface area contributed by atoms with Gasteiger partial charge in [0.25, 0.3) is 10.0 Å². The average molecular weight is 306 g/mol. The van der Waals surface area contributed by atoms with Crippen LogP contribution in [0.5, 0.6) is 0 Å². The fourth-order valence-electron chi connectivity index (χ4n) is 2.02. The van der Waals surface area contributed by atoms with Crippen LogP contribution in [-0.4, -0.2) is 18.6 Å². The molecule has 1 aromatic carbocycles. The first-order chi connectivity index (χ1) is 9.88. The van der Waals surface area contributed by atoms with Crippen LogP contribution in [0.1, 0.15) is 11.3 Å². The third kappa shape index (κ3) is 2.23. The highest BCUT2D eigenvalue weighted by Gasteiger charge is 2.22. The van der Waals surface area contributed by atoms with E-state index in [9.17, 15) is 8.42 Å². The molecule has 0 saturated heterocycles. The molecule has 0 spiro atoms. The van der Waals surface area contributed by atoms with Gasteiger partial charge in [0, 0.05) is 28.4 Å². The van der Waals surface area contributed by atoms with Gasteiger partial charge in [-0.3, -0.25) is 0 Å². The van der Waals surface area contributed by atoms with E-state index in [1.54, 1.807) is 32.0 Å². The number of aryl methyl sites for hydroxylation is 1. The summed E-state index contributed by atoms with van der Waals surface area (Å²) in [6.45, 7) is 3.47. The van der Waals surface area contributed by atoms with Crippen molar-refractivity contribution >= 4 is 32.5 Å². The molecule has 3 rings (SSSR count). The van der Waals surface area contributed by atoms with Crippen LogP contribution in [0.2, 0.25) is 0 Å². The number of rotatable bonds is 3. The molecule has 0 amide bonds. The molecule has 2 aromatic heterocycles. The highest BCUT2D eigenvalue weighted by atomic mass is 32.2. The number of aromatic amines is 1. The molecule has 0 aliphatic carbocycles. The monoisotopic (exact) mass is 306 g/mol. The molecule has 0 atom stereocenters. The number of aromatic nitrogens is 2. The van der Waals surface area contributed by atoms with E-state index in [1.807, 2.05) is 0 Å². The predicted molar refractivity (Wildman–Crippen MR) is 79.5 cm³/mol. The van der Waals surface area contributed by atoms with Gasteiger partial charge in [-0.25, -0.2) is 13.1 Å². The summed E-state index contributed by atoms with van der Waals surface area (Å²) in [4.78, 5) is 3.02. The third-order valence-corrected chi connectivity index (χ3v) is 4.71. The zero-order valence-electron chi connectivity index (χ0n) is 11.5. The molecule has 0 aliphatic heterocycles. The number of nitrogen functional groups attached to an aromatic ring is 1. The Hall–Kier alpha value is -2.48. The maximum atomic E-state index is 12.5. The van der Waals surface area contributed by atoms with Gasteiger partial charge < -0.3 is 15.2 Å². The van der Waals surface area contributed by atoms with Crippen molar-refractivity contribution in [1.29, 1.82) is 0 Å². The van der Waals surface area contributed by atoms with E-state index in [2.05, 4.69) is 14.9 Å². The highest BCUT2D eigenvalue weighted by Crippen LogP contribution is 2.27. The molecule has 0 radical (unpaired) electrons. The first kappa shape index (κ1) is 13.5. The van der Waals surface area contributed by atoms with Gasteiger partial charge in [0.05, 0.1) is 5.69 Å². The van der Waals surface area contributed by atoms with Gasteiger partial charge in [-0.15, -0.1) is 0 Å². The number of anilines is 2. The van der Waals surface area contributed by atoms with E-state index in [-0.39, 0.29) is 10.8 Å². The molecule has 2 heterocycles. The summed E-state index contributed by atoms with van der Waals surface area (Å²) in [6.07, 6.45) is 1.42. The molecule has 21 heavy (non-hydrogen) atoms. The Morgan fingerprint density at radius 1 is 1.33 bits per heavy atom. The molecular weight excluding hydrogens is 292 g/mol. The summed E-state index contributed by atoms with van der Waals surface area (Å²) in [5.41, 5.74) is 8.18. The van der Waals surface area contributed by atoms with E-state index >= 15 is 0 Å². The van der Waals surface area contributed by atoms with Crippen molar-refractivity contribution in [2.24, 2.45) is 0 Å². The van der Waals surface area contributed by atoms with E-state index in [1.165, 1.54) is 6.20 Å². The molecule has 7 nitrogen and oxygen atoms in total. The number of hydrogen-bond acceptors (Lipinski definition) is 5. The summed E-state index contributed by atoms with van der Waals surface area (Å²) in [5.74, 6) is 0.116. The van der Waals surface area contributed by atoms with Gasteiger partial charge in [-0.05, 0) is 32.0 Å². The van der Waals surface area contributed by atoms with E-state index < -0.39 is 10.0 Å². The fourth-order valence-corrected chi connectivity index (χ4v) is 3.24. The van der Waals surface area contributed by atoms with Crippen molar-refractivity contribution < 1.29 is 12.9 Å². The molecule has 0 bridgehead atoms. The summed E-state index contributed by atoms with van der Waals surface area (Å²) in [7, 11) is -3.79. The number of nitrogens with zero attached hydrogens (tertiary/aromatic N) is 1. The highest BCUT2D eigenvalue weighted by molar-refractivity contribution is 7.93. The van der Waals surface area contributed by atoms with Crippen LogP contribution in [0.15, 0.2) is 33.8 Å². The maximum Gasteiger partial charge on any atom is 0.266 e. The van der Waals surface area contributed by atoms with Gasteiger partial charge in [-0.1, -0.05) is 5.16 Å². The zero-order chi connectivity index (χ0) is 15.2. The summed E-state index contributed by atoms with van der Waals surface area (Å²) >= 11 is 0. The van der Waals surface area contributed by atoms with Gasteiger partial charge >= 0.3 is 0 Å². The van der Waals surface area contributed by atoms with Crippen LogP contribution in [0.3, 0.4) is 0 Å². The van der Waals surface area contributed by atoms with Crippen molar-refractivity contribution in [3.63, 3.8) is 0 Å². The average Bonchev–Trinajstić information content (AvgIpc) is 2.97. The van der Waals surface area contributed by atoms with Gasteiger partial charge in [0.15, 0.2) is 0 Å². The Kier molecular flexibility index (Phi) is 2.91. The van der Waals surface area contributed by atoms with E-state index in [0.29, 0.717) is 27.8 Å². The summed E-state index contributed by atoms with van der Waals surface area (Å²) in [5, 5.41) is 4.25. The quantitative estimate of drug-likeness (QED) is 0.641. The molecule has 3 aromatic rings. The lowest BCUT2D eigenvalue weighted by Gasteiger charge is -2.04. The standard InChI is InChI=1S/C13H14N4O3S/c1-7-8(2)16-20-13(7)17-21(18,19)12-6-15-11-4-3-9(14)5-10(11)12/h3-6,15,17H,14H2,1-2H3. The Morgan fingerprint density at radius 3 is 2.76 bits per heavy atom. The second kappa shape index (κ2) is 4.52. The van der Waals surface area contributed by atoms with Crippen LogP contribution in [-0.2, 0) is 10.0 Å². The number of H-pyrrole nitrogens is 1. The number of sulfonamides is 1. The largest absolute Gasteiger partial charge is 0.399 e. The first-order valence-electron chi connectivity index (χ1n) is 6.21. The SMILES string of the molecule is Cc1noc(NS(=O)(=O)c2c[nH]c3ccc(N)cc23)c1C. The second-order valence-corrected chi connectivity index (χ2v) is 6.44. The Labute approximate surface area is 121 Å². The molecule has 0 fully saturated rings. The van der Waals surface area contributed by atoms with Crippen molar-refractivity contribution in [3.05, 3.63) is 35.7 Å².